The first-order chi connectivity index (χ1) is 9.65. The highest BCUT2D eigenvalue weighted by atomic mass is 19.1. The number of anilines is 1. The number of nitrogens with zero attached hydrogens (tertiary/aromatic N) is 1. The van der Waals surface area contributed by atoms with E-state index in [1.807, 2.05) is 0 Å². The number of hydrogen-bond acceptors (Lipinski definition) is 3. The molecule has 0 fully saturated rings. The van der Waals surface area contributed by atoms with Gasteiger partial charge in [-0.2, -0.15) is 0 Å². The summed E-state index contributed by atoms with van der Waals surface area (Å²) >= 11 is 0. The molecule has 2 aromatic heterocycles. The Balaban J connectivity index is 2.01. The van der Waals surface area contributed by atoms with Crippen LogP contribution in [0.3, 0.4) is 0 Å². The van der Waals surface area contributed by atoms with Gasteiger partial charge < -0.3 is 9.73 Å². The van der Waals surface area contributed by atoms with Crippen LogP contribution in [0.4, 0.5) is 10.1 Å². The van der Waals surface area contributed by atoms with E-state index in [4.69, 9.17) is 4.42 Å². The number of nitrogens with one attached hydrogen (secondary N) is 1. The summed E-state index contributed by atoms with van der Waals surface area (Å²) in [6.07, 6.45) is 3.02. The standard InChI is InChI=1S/C15H11FN2O2/c1-9-11(5-7-20-9)15(19)18-14-4-6-17-13-3-2-10(16)8-12(13)14/h2-8H,1H3,(H,17,18,19). The van der Waals surface area contributed by atoms with E-state index in [1.54, 1.807) is 31.3 Å². The summed E-state index contributed by atoms with van der Waals surface area (Å²) in [6, 6.07) is 7.48. The first-order valence-electron chi connectivity index (χ1n) is 6.05. The molecule has 0 radical (unpaired) electrons. The minimum Gasteiger partial charge on any atom is -0.469 e. The van der Waals surface area contributed by atoms with E-state index in [0.717, 1.165) is 0 Å². The van der Waals surface area contributed by atoms with Crippen LogP contribution >= 0.6 is 0 Å². The van der Waals surface area contributed by atoms with Gasteiger partial charge >= 0.3 is 0 Å². The number of carbonyl (C=O) groups excluding carboxylic acids is 1. The Bertz CT molecular complexity index is 795. The minimum atomic E-state index is -0.375. The second-order valence-corrected chi connectivity index (χ2v) is 4.36. The van der Waals surface area contributed by atoms with Crippen molar-refractivity contribution in [2.45, 2.75) is 6.92 Å². The van der Waals surface area contributed by atoms with Crippen LogP contribution in [-0.4, -0.2) is 10.9 Å². The molecule has 0 aliphatic heterocycles. The molecule has 3 aromatic rings. The third-order valence-electron chi connectivity index (χ3n) is 3.06. The Morgan fingerprint density at radius 3 is 2.90 bits per heavy atom. The fourth-order valence-corrected chi connectivity index (χ4v) is 2.04. The third-order valence-corrected chi connectivity index (χ3v) is 3.06. The maximum atomic E-state index is 13.3. The predicted octanol–water partition coefficient (Wildman–Crippen LogP) is 3.53. The molecule has 1 amide bonds. The second kappa shape index (κ2) is 4.77. The van der Waals surface area contributed by atoms with Gasteiger partial charge in [-0.15, -0.1) is 0 Å². The first kappa shape index (κ1) is 12.3. The maximum Gasteiger partial charge on any atom is 0.259 e. The quantitative estimate of drug-likeness (QED) is 0.775. The molecule has 2 heterocycles. The van der Waals surface area contributed by atoms with Crippen LogP contribution < -0.4 is 5.32 Å². The van der Waals surface area contributed by atoms with Crippen molar-refractivity contribution in [1.29, 1.82) is 0 Å². The summed E-state index contributed by atoms with van der Waals surface area (Å²) in [5.74, 6) is -0.138. The molecule has 100 valence electrons. The van der Waals surface area contributed by atoms with Crippen LogP contribution in [0.1, 0.15) is 16.1 Å². The average Bonchev–Trinajstić information content (AvgIpc) is 2.86. The zero-order valence-corrected chi connectivity index (χ0v) is 10.7. The lowest BCUT2D eigenvalue weighted by Crippen LogP contribution is -2.12. The van der Waals surface area contributed by atoms with E-state index >= 15 is 0 Å². The molecule has 0 saturated heterocycles. The minimum absolute atomic E-state index is 0.298. The molecule has 5 heteroatoms. The molecule has 1 N–H and O–H groups in total. The number of rotatable bonds is 2. The lowest BCUT2D eigenvalue weighted by Gasteiger charge is -2.07. The lowest BCUT2D eigenvalue weighted by atomic mass is 10.1. The van der Waals surface area contributed by atoms with Crippen LogP contribution in [0.15, 0.2) is 47.2 Å². The van der Waals surface area contributed by atoms with Crippen molar-refractivity contribution >= 4 is 22.5 Å². The number of furan rings is 1. The monoisotopic (exact) mass is 270 g/mol. The van der Waals surface area contributed by atoms with Gasteiger partial charge in [-0.05, 0) is 37.3 Å². The van der Waals surface area contributed by atoms with E-state index in [-0.39, 0.29) is 11.7 Å². The molecule has 0 bridgehead atoms. The Morgan fingerprint density at radius 2 is 2.15 bits per heavy atom. The van der Waals surface area contributed by atoms with E-state index in [9.17, 15) is 9.18 Å². The average molecular weight is 270 g/mol. The molecule has 20 heavy (non-hydrogen) atoms. The van der Waals surface area contributed by atoms with Gasteiger partial charge in [0.2, 0.25) is 0 Å². The summed E-state index contributed by atoms with van der Waals surface area (Å²) < 4.78 is 18.4. The molecule has 3 rings (SSSR count). The first-order valence-corrected chi connectivity index (χ1v) is 6.05. The predicted molar refractivity (Wildman–Crippen MR) is 73.1 cm³/mol. The van der Waals surface area contributed by atoms with Crippen LogP contribution in [0, 0.1) is 12.7 Å². The van der Waals surface area contributed by atoms with Crippen LogP contribution in [0.25, 0.3) is 10.9 Å². The van der Waals surface area contributed by atoms with Gasteiger partial charge in [0.05, 0.1) is 23.0 Å². The number of benzene rings is 1. The van der Waals surface area contributed by atoms with Crippen molar-refractivity contribution in [3.63, 3.8) is 0 Å². The highest BCUT2D eigenvalue weighted by molar-refractivity contribution is 6.09. The number of fused-ring (bicyclic) bond motifs is 1. The zero-order chi connectivity index (χ0) is 14.1. The van der Waals surface area contributed by atoms with Gasteiger partial charge in [0, 0.05) is 11.6 Å². The topological polar surface area (TPSA) is 55.1 Å². The van der Waals surface area contributed by atoms with Crippen LogP contribution in [0.2, 0.25) is 0 Å². The van der Waals surface area contributed by atoms with Crippen molar-refractivity contribution in [3.05, 3.63) is 59.9 Å². The van der Waals surface area contributed by atoms with Gasteiger partial charge in [-0.1, -0.05) is 0 Å². The van der Waals surface area contributed by atoms with E-state index in [0.29, 0.717) is 27.9 Å². The number of halogens is 1. The van der Waals surface area contributed by atoms with E-state index in [1.165, 1.54) is 18.4 Å². The number of aryl methyl sites for hydroxylation is 1. The largest absolute Gasteiger partial charge is 0.469 e. The van der Waals surface area contributed by atoms with Gasteiger partial charge in [-0.3, -0.25) is 9.78 Å². The molecule has 0 saturated carbocycles. The van der Waals surface area contributed by atoms with E-state index < -0.39 is 0 Å². The normalized spacial score (nSPS) is 10.7. The maximum absolute atomic E-state index is 13.3. The summed E-state index contributed by atoms with van der Waals surface area (Å²) in [4.78, 5) is 16.3. The molecule has 0 aliphatic rings. The zero-order valence-electron chi connectivity index (χ0n) is 10.7. The number of carbonyl (C=O) groups is 1. The Hall–Kier alpha value is -2.69. The Kier molecular flexibility index (Phi) is 2.95. The van der Waals surface area contributed by atoms with Gasteiger partial charge in [0.15, 0.2) is 0 Å². The molecule has 0 unspecified atom stereocenters. The molecule has 0 spiro atoms. The smallest absolute Gasteiger partial charge is 0.259 e. The van der Waals surface area contributed by atoms with Crippen molar-refractivity contribution in [1.82, 2.24) is 4.98 Å². The summed E-state index contributed by atoms with van der Waals surface area (Å²) in [6.45, 7) is 1.71. The van der Waals surface area contributed by atoms with Gasteiger partial charge in [0.1, 0.15) is 11.6 Å². The number of pyridine rings is 1. The van der Waals surface area contributed by atoms with Crippen molar-refractivity contribution in [2.24, 2.45) is 0 Å². The molecule has 0 aliphatic carbocycles. The summed E-state index contributed by atoms with van der Waals surface area (Å²) in [5, 5.41) is 3.31. The number of hydrogen-bond donors (Lipinski definition) is 1. The highest BCUT2D eigenvalue weighted by Crippen LogP contribution is 2.23. The SMILES string of the molecule is Cc1occc1C(=O)Nc1ccnc2ccc(F)cc12. The molecule has 4 nitrogen and oxygen atoms in total. The fourth-order valence-electron chi connectivity index (χ4n) is 2.04. The van der Waals surface area contributed by atoms with Gasteiger partial charge in [0.25, 0.3) is 5.91 Å². The van der Waals surface area contributed by atoms with Crippen LogP contribution in [-0.2, 0) is 0 Å². The van der Waals surface area contributed by atoms with Gasteiger partial charge in [-0.25, -0.2) is 4.39 Å². The van der Waals surface area contributed by atoms with Crippen molar-refractivity contribution < 1.29 is 13.6 Å². The molecule has 1 aromatic carbocycles. The van der Waals surface area contributed by atoms with E-state index in [2.05, 4.69) is 10.3 Å². The Morgan fingerprint density at radius 1 is 1.30 bits per heavy atom. The fraction of sp³-hybridized carbons (Fsp3) is 0.0667. The third kappa shape index (κ3) is 2.14. The summed E-state index contributed by atoms with van der Waals surface area (Å²) in [5.41, 5.74) is 1.58. The highest BCUT2D eigenvalue weighted by Gasteiger charge is 2.13. The Labute approximate surface area is 114 Å². The molecular formula is C15H11FN2O2. The van der Waals surface area contributed by atoms with Crippen molar-refractivity contribution in [2.75, 3.05) is 5.32 Å². The summed E-state index contributed by atoms with van der Waals surface area (Å²) in [7, 11) is 0. The van der Waals surface area contributed by atoms with Crippen molar-refractivity contribution in [3.8, 4) is 0 Å². The molecular weight excluding hydrogens is 259 g/mol. The lowest BCUT2D eigenvalue weighted by molar-refractivity contribution is 0.102. The number of aromatic nitrogens is 1. The second-order valence-electron chi connectivity index (χ2n) is 4.36. The molecule has 0 atom stereocenters. The number of amides is 1. The van der Waals surface area contributed by atoms with Crippen LogP contribution in [0.5, 0.6) is 0 Å².